The molecule has 0 amide bonds. The Morgan fingerprint density at radius 2 is 1.93 bits per heavy atom. The van der Waals surface area contributed by atoms with Crippen LogP contribution in [0.2, 0.25) is 0 Å². The number of hydrogen-bond donors (Lipinski definition) is 1. The SMILES string of the molecule is CNCN1CCC(CCC(C)C)CC1. The maximum absolute atomic E-state index is 3.23. The van der Waals surface area contributed by atoms with Crippen LogP contribution in [0.3, 0.4) is 0 Å². The molecule has 0 unspecified atom stereocenters. The van der Waals surface area contributed by atoms with Crippen molar-refractivity contribution in [2.24, 2.45) is 11.8 Å². The van der Waals surface area contributed by atoms with E-state index in [-0.39, 0.29) is 0 Å². The quantitative estimate of drug-likeness (QED) is 0.729. The molecule has 1 saturated heterocycles. The first-order valence-electron chi connectivity index (χ1n) is 6.09. The zero-order valence-electron chi connectivity index (χ0n) is 10.1. The molecule has 0 atom stereocenters. The van der Waals surface area contributed by atoms with E-state index in [0.717, 1.165) is 18.5 Å². The molecule has 1 aliphatic heterocycles. The van der Waals surface area contributed by atoms with E-state index in [1.165, 1.54) is 38.8 Å². The summed E-state index contributed by atoms with van der Waals surface area (Å²) in [7, 11) is 2.03. The van der Waals surface area contributed by atoms with Crippen molar-refractivity contribution >= 4 is 0 Å². The van der Waals surface area contributed by atoms with Gasteiger partial charge in [0.15, 0.2) is 0 Å². The van der Waals surface area contributed by atoms with Crippen molar-refractivity contribution in [2.45, 2.75) is 39.5 Å². The van der Waals surface area contributed by atoms with Crippen molar-refractivity contribution in [1.29, 1.82) is 0 Å². The minimum Gasteiger partial charge on any atom is -0.307 e. The van der Waals surface area contributed by atoms with Gasteiger partial charge in [0.05, 0.1) is 0 Å². The molecule has 1 N–H and O–H groups in total. The summed E-state index contributed by atoms with van der Waals surface area (Å²) in [5.74, 6) is 1.89. The summed E-state index contributed by atoms with van der Waals surface area (Å²) in [5.41, 5.74) is 0. The second-order valence-electron chi connectivity index (χ2n) is 5.04. The second-order valence-corrected chi connectivity index (χ2v) is 5.04. The molecule has 0 aromatic rings. The summed E-state index contributed by atoms with van der Waals surface area (Å²) in [5, 5.41) is 3.23. The molecule has 0 saturated carbocycles. The van der Waals surface area contributed by atoms with Gasteiger partial charge in [-0.25, -0.2) is 0 Å². The molecule has 1 fully saturated rings. The highest BCUT2D eigenvalue weighted by Crippen LogP contribution is 2.23. The molecule has 2 nitrogen and oxygen atoms in total. The van der Waals surface area contributed by atoms with Crippen molar-refractivity contribution < 1.29 is 0 Å². The minimum absolute atomic E-state index is 0.880. The fraction of sp³-hybridized carbons (Fsp3) is 1.00. The molecular formula is C12H26N2. The van der Waals surface area contributed by atoms with Gasteiger partial charge >= 0.3 is 0 Å². The van der Waals surface area contributed by atoms with Crippen LogP contribution in [0.25, 0.3) is 0 Å². The molecule has 0 aromatic carbocycles. The highest BCUT2D eigenvalue weighted by atomic mass is 15.2. The third-order valence-corrected chi connectivity index (χ3v) is 3.24. The van der Waals surface area contributed by atoms with Crippen LogP contribution in [-0.4, -0.2) is 31.7 Å². The van der Waals surface area contributed by atoms with Gasteiger partial charge in [-0.15, -0.1) is 0 Å². The third kappa shape index (κ3) is 4.43. The van der Waals surface area contributed by atoms with Gasteiger partial charge in [0.1, 0.15) is 0 Å². The van der Waals surface area contributed by atoms with Gasteiger partial charge in [-0.2, -0.15) is 0 Å². The van der Waals surface area contributed by atoms with E-state index >= 15 is 0 Å². The van der Waals surface area contributed by atoms with E-state index in [9.17, 15) is 0 Å². The van der Waals surface area contributed by atoms with Crippen molar-refractivity contribution in [2.75, 3.05) is 26.8 Å². The fourth-order valence-corrected chi connectivity index (χ4v) is 2.23. The lowest BCUT2D eigenvalue weighted by molar-refractivity contribution is 0.168. The molecule has 2 heteroatoms. The summed E-state index contributed by atoms with van der Waals surface area (Å²) in [6, 6.07) is 0. The van der Waals surface area contributed by atoms with Crippen LogP contribution >= 0.6 is 0 Å². The smallest absolute Gasteiger partial charge is 0.0477 e. The van der Waals surface area contributed by atoms with Gasteiger partial charge in [0, 0.05) is 6.67 Å². The summed E-state index contributed by atoms with van der Waals surface area (Å²) >= 11 is 0. The first-order valence-corrected chi connectivity index (χ1v) is 6.09. The van der Waals surface area contributed by atoms with Crippen molar-refractivity contribution in [3.63, 3.8) is 0 Å². The second kappa shape index (κ2) is 6.41. The highest BCUT2D eigenvalue weighted by Gasteiger charge is 2.18. The first kappa shape index (κ1) is 12.0. The third-order valence-electron chi connectivity index (χ3n) is 3.24. The number of nitrogens with zero attached hydrogens (tertiary/aromatic N) is 1. The van der Waals surface area contributed by atoms with Crippen LogP contribution in [0, 0.1) is 11.8 Å². The number of likely N-dealkylation sites (tertiary alicyclic amines) is 1. The predicted molar refractivity (Wildman–Crippen MR) is 62.3 cm³/mol. The highest BCUT2D eigenvalue weighted by molar-refractivity contribution is 4.71. The van der Waals surface area contributed by atoms with Crippen LogP contribution in [0.15, 0.2) is 0 Å². The normalized spacial score (nSPS) is 20.6. The average molecular weight is 198 g/mol. The Morgan fingerprint density at radius 3 is 2.43 bits per heavy atom. The Bertz CT molecular complexity index is 137. The number of piperidine rings is 1. The number of nitrogens with one attached hydrogen (secondary N) is 1. The molecule has 1 aliphatic rings. The topological polar surface area (TPSA) is 15.3 Å². The van der Waals surface area contributed by atoms with E-state index < -0.39 is 0 Å². The Morgan fingerprint density at radius 1 is 1.29 bits per heavy atom. The van der Waals surface area contributed by atoms with Crippen LogP contribution in [0.4, 0.5) is 0 Å². The zero-order valence-corrected chi connectivity index (χ0v) is 10.1. The largest absolute Gasteiger partial charge is 0.307 e. The number of rotatable bonds is 5. The minimum atomic E-state index is 0.880. The zero-order chi connectivity index (χ0) is 10.4. The van der Waals surface area contributed by atoms with Crippen LogP contribution < -0.4 is 5.32 Å². The van der Waals surface area contributed by atoms with Gasteiger partial charge in [-0.1, -0.05) is 26.7 Å². The Labute approximate surface area is 89.1 Å². The maximum atomic E-state index is 3.23. The lowest BCUT2D eigenvalue weighted by Crippen LogP contribution is -2.38. The molecule has 14 heavy (non-hydrogen) atoms. The van der Waals surface area contributed by atoms with E-state index in [1.807, 2.05) is 7.05 Å². The molecule has 84 valence electrons. The maximum Gasteiger partial charge on any atom is 0.0477 e. The lowest BCUT2D eigenvalue weighted by Gasteiger charge is -2.31. The van der Waals surface area contributed by atoms with Crippen LogP contribution in [-0.2, 0) is 0 Å². The van der Waals surface area contributed by atoms with E-state index in [0.29, 0.717) is 0 Å². The summed E-state index contributed by atoms with van der Waals surface area (Å²) in [4.78, 5) is 2.52. The van der Waals surface area contributed by atoms with E-state index in [1.54, 1.807) is 0 Å². The summed E-state index contributed by atoms with van der Waals surface area (Å²) in [6.07, 6.45) is 5.69. The Hall–Kier alpha value is -0.0800. The molecule has 1 rings (SSSR count). The molecule has 0 radical (unpaired) electrons. The number of hydrogen-bond acceptors (Lipinski definition) is 2. The Balaban J connectivity index is 2.09. The molecule has 1 heterocycles. The van der Waals surface area contributed by atoms with Gasteiger partial charge in [0.25, 0.3) is 0 Å². The van der Waals surface area contributed by atoms with Gasteiger partial charge in [-0.3, -0.25) is 4.90 Å². The Kier molecular flexibility index (Phi) is 5.49. The standard InChI is InChI=1S/C12H26N2/c1-11(2)4-5-12-6-8-14(9-7-12)10-13-3/h11-13H,4-10H2,1-3H3. The van der Waals surface area contributed by atoms with Gasteiger partial charge < -0.3 is 5.32 Å². The first-order chi connectivity index (χ1) is 6.72. The predicted octanol–water partition coefficient (Wildman–Crippen LogP) is 2.31. The molecular weight excluding hydrogens is 172 g/mol. The molecule has 0 aliphatic carbocycles. The van der Waals surface area contributed by atoms with Crippen molar-refractivity contribution in [1.82, 2.24) is 10.2 Å². The summed E-state index contributed by atoms with van der Waals surface area (Å²) < 4.78 is 0. The van der Waals surface area contributed by atoms with Crippen LogP contribution in [0.1, 0.15) is 39.5 Å². The molecule has 0 bridgehead atoms. The lowest BCUT2D eigenvalue weighted by atomic mass is 9.90. The fourth-order valence-electron chi connectivity index (χ4n) is 2.23. The monoisotopic (exact) mass is 198 g/mol. The average Bonchev–Trinajstić information content (AvgIpc) is 2.17. The van der Waals surface area contributed by atoms with Gasteiger partial charge in [0.2, 0.25) is 0 Å². The van der Waals surface area contributed by atoms with E-state index in [4.69, 9.17) is 0 Å². The summed E-state index contributed by atoms with van der Waals surface area (Å²) in [6.45, 7) is 8.32. The van der Waals surface area contributed by atoms with Crippen molar-refractivity contribution in [3.8, 4) is 0 Å². The van der Waals surface area contributed by atoms with E-state index in [2.05, 4.69) is 24.1 Å². The van der Waals surface area contributed by atoms with Gasteiger partial charge in [-0.05, 0) is 44.8 Å². The molecule has 0 aromatic heterocycles. The molecule has 0 spiro atoms. The van der Waals surface area contributed by atoms with Crippen LogP contribution in [0.5, 0.6) is 0 Å². The van der Waals surface area contributed by atoms with Crippen molar-refractivity contribution in [3.05, 3.63) is 0 Å².